The Labute approximate surface area is 162 Å². The summed E-state index contributed by atoms with van der Waals surface area (Å²) in [6, 6.07) is 7.28. The molecule has 0 bridgehead atoms. The van der Waals surface area contributed by atoms with Crippen molar-refractivity contribution in [3.63, 3.8) is 0 Å². The van der Waals surface area contributed by atoms with Crippen LogP contribution in [0.25, 0.3) is 0 Å². The molecule has 152 valence electrons. The van der Waals surface area contributed by atoms with Crippen LogP contribution in [0.15, 0.2) is 30.3 Å². The van der Waals surface area contributed by atoms with E-state index in [2.05, 4.69) is 0 Å². The van der Waals surface area contributed by atoms with E-state index in [9.17, 15) is 20.1 Å². The van der Waals surface area contributed by atoms with Crippen molar-refractivity contribution in [3.8, 4) is 28.7 Å². The number of ether oxygens (including phenoxy) is 4. The zero-order valence-electron chi connectivity index (χ0n) is 16.1. The summed E-state index contributed by atoms with van der Waals surface area (Å²) in [5.74, 6) is 0.492. The van der Waals surface area contributed by atoms with E-state index in [0.717, 1.165) is 0 Å². The zero-order valence-corrected chi connectivity index (χ0v) is 16.1. The lowest BCUT2D eigenvalue weighted by atomic mass is 10.0. The summed E-state index contributed by atoms with van der Waals surface area (Å²) in [6.07, 6.45) is -2.33. The molecule has 0 aliphatic carbocycles. The van der Waals surface area contributed by atoms with Gasteiger partial charge in [0.05, 0.1) is 27.9 Å². The van der Waals surface area contributed by atoms with Gasteiger partial charge in [0.25, 0.3) is 0 Å². The number of aliphatic hydroxyl groups excluding tert-OH is 2. The lowest BCUT2D eigenvalue weighted by molar-refractivity contribution is -0.00176. The first kappa shape index (κ1) is 21.3. The smallest absolute Gasteiger partial charge is 0.204 e. The molecule has 0 heterocycles. The molecule has 0 aliphatic heterocycles. The first-order valence-corrected chi connectivity index (χ1v) is 8.45. The highest BCUT2D eigenvalue weighted by molar-refractivity contribution is 5.95. The van der Waals surface area contributed by atoms with Crippen LogP contribution in [0.2, 0.25) is 0 Å². The maximum Gasteiger partial charge on any atom is 0.204 e. The average molecular weight is 392 g/mol. The number of aromatic hydroxyl groups is 1. The van der Waals surface area contributed by atoms with Gasteiger partial charge in [-0.2, -0.15) is 0 Å². The zero-order chi connectivity index (χ0) is 20.8. The molecular weight excluding hydrogens is 368 g/mol. The van der Waals surface area contributed by atoms with E-state index >= 15 is 0 Å². The third-order valence-electron chi connectivity index (χ3n) is 4.21. The van der Waals surface area contributed by atoms with E-state index in [-0.39, 0.29) is 34.5 Å². The fraction of sp³-hybridized carbons (Fsp3) is 0.350. The van der Waals surface area contributed by atoms with Gasteiger partial charge < -0.3 is 34.3 Å². The Bertz CT molecular complexity index is 808. The van der Waals surface area contributed by atoms with E-state index in [0.29, 0.717) is 11.1 Å². The second-order valence-electron chi connectivity index (χ2n) is 5.98. The molecule has 0 amide bonds. The molecule has 0 saturated carbocycles. The van der Waals surface area contributed by atoms with Gasteiger partial charge in [-0.1, -0.05) is 6.07 Å². The molecule has 2 aromatic carbocycles. The van der Waals surface area contributed by atoms with Crippen LogP contribution in [0.4, 0.5) is 0 Å². The molecule has 0 unspecified atom stereocenters. The summed E-state index contributed by atoms with van der Waals surface area (Å²) in [4.78, 5) is 11.7. The Morgan fingerprint density at radius 3 is 2.04 bits per heavy atom. The highest BCUT2D eigenvalue weighted by Gasteiger charge is 2.27. The Hall–Kier alpha value is -2.97. The molecule has 0 spiro atoms. The Balaban J connectivity index is 2.40. The van der Waals surface area contributed by atoms with Crippen LogP contribution < -0.4 is 18.9 Å². The fourth-order valence-electron chi connectivity index (χ4n) is 2.65. The predicted octanol–water partition coefficient (Wildman–Crippen LogP) is 2.09. The maximum atomic E-state index is 11.7. The van der Waals surface area contributed by atoms with Gasteiger partial charge in [-0.25, -0.2) is 0 Å². The van der Waals surface area contributed by atoms with E-state index in [1.54, 1.807) is 0 Å². The number of benzene rings is 2. The molecule has 2 atom stereocenters. The second kappa shape index (κ2) is 9.29. The van der Waals surface area contributed by atoms with Gasteiger partial charge in [-0.3, -0.25) is 4.79 Å². The van der Waals surface area contributed by atoms with Crippen LogP contribution in [0.5, 0.6) is 28.7 Å². The van der Waals surface area contributed by atoms with Crippen molar-refractivity contribution >= 4 is 5.78 Å². The molecule has 8 nitrogen and oxygen atoms in total. The van der Waals surface area contributed by atoms with Gasteiger partial charge in [-0.05, 0) is 36.8 Å². The normalized spacial score (nSPS) is 12.8. The van der Waals surface area contributed by atoms with E-state index < -0.39 is 18.8 Å². The number of carbonyl (C=O) groups excluding carboxylic acids is 1. The summed E-state index contributed by atoms with van der Waals surface area (Å²) < 4.78 is 21.4. The highest BCUT2D eigenvalue weighted by Crippen LogP contribution is 2.41. The number of hydrogen-bond donors (Lipinski definition) is 3. The maximum absolute atomic E-state index is 11.7. The Morgan fingerprint density at radius 2 is 1.57 bits per heavy atom. The molecule has 2 aromatic rings. The van der Waals surface area contributed by atoms with E-state index in [1.807, 2.05) is 0 Å². The molecule has 0 saturated heterocycles. The molecule has 28 heavy (non-hydrogen) atoms. The van der Waals surface area contributed by atoms with Crippen molar-refractivity contribution in [3.05, 3.63) is 41.5 Å². The van der Waals surface area contributed by atoms with Crippen molar-refractivity contribution in [2.75, 3.05) is 27.9 Å². The van der Waals surface area contributed by atoms with Gasteiger partial charge >= 0.3 is 0 Å². The largest absolute Gasteiger partial charge is 0.504 e. The molecule has 0 aromatic heterocycles. The quantitative estimate of drug-likeness (QED) is 0.556. The summed E-state index contributed by atoms with van der Waals surface area (Å²) in [5.41, 5.74) is 0.734. The highest BCUT2D eigenvalue weighted by atomic mass is 16.6. The number of carbonyl (C=O) groups is 1. The lowest BCUT2D eigenvalue weighted by Crippen LogP contribution is -2.29. The monoisotopic (exact) mass is 392 g/mol. The van der Waals surface area contributed by atoms with Crippen LogP contribution in [0, 0.1) is 0 Å². The number of methoxy groups -OCH3 is 3. The number of rotatable bonds is 9. The number of hydrogen-bond acceptors (Lipinski definition) is 8. The number of ketones is 1. The van der Waals surface area contributed by atoms with Crippen LogP contribution in [0.1, 0.15) is 28.9 Å². The number of phenols is 1. The number of Topliss-reactive ketones (excluding diaryl/α,β-unsaturated/α-hetero) is 1. The summed E-state index contributed by atoms with van der Waals surface area (Å²) in [7, 11) is 4.19. The predicted molar refractivity (Wildman–Crippen MR) is 101 cm³/mol. The van der Waals surface area contributed by atoms with Crippen LogP contribution in [-0.2, 0) is 0 Å². The minimum Gasteiger partial charge on any atom is -0.504 e. The standard InChI is InChI=1S/C20H24O8/c1-11(22)13-8-16(26-3)20(17(9-13)27-4)28-18(10-21)19(24)12-5-6-14(23)15(7-12)25-2/h5-9,18-19,21,23-24H,10H2,1-4H3/t18-,19+/m0/s1. The first-order valence-electron chi connectivity index (χ1n) is 8.45. The fourth-order valence-corrected chi connectivity index (χ4v) is 2.65. The third kappa shape index (κ3) is 4.47. The summed E-state index contributed by atoms with van der Waals surface area (Å²) >= 11 is 0. The van der Waals surface area contributed by atoms with Gasteiger partial charge in [0.2, 0.25) is 5.75 Å². The van der Waals surface area contributed by atoms with E-state index in [1.165, 1.54) is 58.6 Å². The Morgan fingerprint density at radius 1 is 1.00 bits per heavy atom. The average Bonchev–Trinajstić information content (AvgIpc) is 2.71. The number of phenolic OH excluding ortho intramolecular Hbond substituents is 1. The summed E-state index contributed by atoms with van der Waals surface area (Å²) in [5, 5.41) is 30.1. The molecule has 2 rings (SSSR count). The van der Waals surface area contributed by atoms with Gasteiger partial charge in [0.15, 0.2) is 34.9 Å². The minimum absolute atomic E-state index is 0.0805. The van der Waals surface area contributed by atoms with E-state index in [4.69, 9.17) is 18.9 Å². The van der Waals surface area contributed by atoms with Crippen LogP contribution in [-0.4, -0.2) is 55.1 Å². The number of aliphatic hydroxyl groups is 2. The lowest BCUT2D eigenvalue weighted by Gasteiger charge is -2.25. The van der Waals surface area contributed by atoms with Gasteiger partial charge in [0, 0.05) is 5.56 Å². The van der Waals surface area contributed by atoms with Crippen molar-refractivity contribution in [1.29, 1.82) is 0 Å². The second-order valence-corrected chi connectivity index (χ2v) is 5.98. The van der Waals surface area contributed by atoms with Crippen LogP contribution in [0.3, 0.4) is 0 Å². The molecular formula is C20H24O8. The van der Waals surface area contributed by atoms with Crippen molar-refractivity contribution in [1.82, 2.24) is 0 Å². The molecule has 0 fully saturated rings. The molecule has 0 radical (unpaired) electrons. The minimum atomic E-state index is -1.25. The SMILES string of the molecule is COc1cc([C@@H](O)[C@H](CO)Oc2c(OC)cc(C(C)=O)cc2OC)ccc1O. The first-order chi connectivity index (χ1) is 13.4. The van der Waals surface area contributed by atoms with Crippen molar-refractivity contribution in [2.24, 2.45) is 0 Å². The molecule has 0 aliphatic rings. The topological polar surface area (TPSA) is 115 Å². The van der Waals surface area contributed by atoms with Crippen molar-refractivity contribution in [2.45, 2.75) is 19.1 Å². The van der Waals surface area contributed by atoms with Crippen molar-refractivity contribution < 1.29 is 39.1 Å². The van der Waals surface area contributed by atoms with Crippen LogP contribution >= 0.6 is 0 Å². The summed E-state index contributed by atoms with van der Waals surface area (Å²) in [6.45, 7) is 0.887. The van der Waals surface area contributed by atoms with Gasteiger partial charge in [0.1, 0.15) is 6.10 Å². The third-order valence-corrected chi connectivity index (χ3v) is 4.21. The molecule has 8 heteroatoms. The molecule has 3 N–H and O–H groups in total. The van der Waals surface area contributed by atoms with Gasteiger partial charge in [-0.15, -0.1) is 0 Å². The Kier molecular flexibility index (Phi) is 7.08.